The lowest BCUT2D eigenvalue weighted by Gasteiger charge is -2.31. The Morgan fingerprint density at radius 3 is 3.00 bits per heavy atom. The van der Waals surface area contributed by atoms with Crippen molar-refractivity contribution in [2.75, 3.05) is 0 Å². The topological polar surface area (TPSA) is 50.9 Å². The van der Waals surface area contributed by atoms with Crippen LogP contribution >= 0.6 is 0 Å². The second kappa shape index (κ2) is 5.92. The van der Waals surface area contributed by atoms with Crippen molar-refractivity contribution in [3.8, 4) is 0 Å². The van der Waals surface area contributed by atoms with Crippen molar-refractivity contribution in [1.29, 1.82) is 0 Å². The molecule has 1 aliphatic rings. The smallest absolute Gasteiger partial charge is 0.128 e. The molecule has 0 fully saturated rings. The van der Waals surface area contributed by atoms with Crippen LogP contribution in [0.25, 0.3) is 0 Å². The number of pyridine rings is 1. The minimum absolute atomic E-state index is 0.108. The summed E-state index contributed by atoms with van der Waals surface area (Å²) in [5, 5.41) is 0. The molecule has 1 aromatic heterocycles. The third-order valence-corrected chi connectivity index (χ3v) is 4.31. The molecule has 3 rings (SSSR count). The number of aromatic nitrogens is 1. The molecule has 110 valence electrons. The molecule has 1 aliphatic carbocycles. The molecular weight excluding hydrogens is 265 g/mol. The highest BCUT2D eigenvalue weighted by atomic mass is 19.1. The summed E-state index contributed by atoms with van der Waals surface area (Å²) < 4.78 is 14.3. The highest BCUT2D eigenvalue weighted by Crippen LogP contribution is 2.39. The highest BCUT2D eigenvalue weighted by Gasteiger charge is 2.30. The lowest BCUT2D eigenvalue weighted by atomic mass is 9.79. The van der Waals surface area contributed by atoms with Gasteiger partial charge in [0, 0.05) is 23.4 Å². The summed E-state index contributed by atoms with van der Waals surface area (Å²) in [6.45, 7) is 1.88. The number of halogens is 1. The van der Waals surface area contributed by atoms with Gasteiger partial charge in [-0.2, -0.15) is 0 Å². The van der Waals surface area contributed by atoms with Gasteiger partial charge in [0.1, 0.15) is 5.82 Å². The van der Waals surface area contributed by atoms with Crippen molar-refractivity contribution in [3.63, 3.8) is 0 Å². The molecule has 0 bridgehead atoms. The summed E-state index contributed by atoms with van der Waals surface area (Å²) in [7, 11) is 0. The average Bonchev–Trinajstić information content (AvgIpc) is 2.50. The van der Waals surface area contributed by atoms with Crippen LogP contribution in [0.3, 0.4) is 0 Å². The molecule has 3 nitrogen and oxygen atoms in total. The number of nitrogens with zero attached hydrogens (tertiary/aromatic N) is 1. The lowest BCUT2D eigenvalue weighted by Crippen LogP contribution is -2.35. The van der Waals surface area contributed by atoms with Gasteiger partial charge in [-0.3, -0.25) is 16.3 Å². The van der Waals surface area contributed by atoms with Crippen molar-refractivity contribution >= 4 is 0 Å². The Morgan fingerprint density at radius 1 is 1.38 bits per heavy atom. The van der Waals surface area contributed by atoms with E-state index in [0.29, 0.717) is 5.56 Å². The normalized spacial score (nSPS) is 19.1. The molecule has 21 heavy (non-hydrogen) atoms. The van der Waals surface area contributed by atoms with Gasteiger partial charge in [0.2, 0.25) is 0 Å². The van der Waals surface area contributed by atoms with Crippen LogP contribution in [0.2, 0.25) is 0 Å². The molecule has 4 heteroatoms. The fourth-order valence-electron chi connectivity index (χ4n) is 3.28. The van der Waals surface area contributed by atoms with E-state index in [9.17, 15) is 4.39 Å². The molecule has 0 spiro atoms. The summed E-state index contributed by atoms with van der Waals surface area (Å²) in [5.74, 6) is 5.66. The Labute approximate surface area is 124 Å². The van der Waals surface area contributed by atoms with Gasteiger partial charge in [-0.15, -0.1) is 0 Å². The molecule has 3 N–H and O–H groups in total. The molecule has 0 saturated heterocycles. The summed E-state index contributed by atoms with van der Waals surface area (Å²) in [4.78, 5) is 4.52. The third kappa shape index (κ3) is 2.69. The molecule has 1 heterocycles. The molecule has 1 aromatic carbocycles. The van der Waals surface area contributed by atoms with Crippen LogP contribution in [0.5, 0.6) is 0 Å². The predicted octanol–water partition coefficient (Wildman–Crippen LogP) is 3.15. The fourth-order valence-corrected chi connectivity index (χ4v) is 3.28. The van der Waals surface area contributed by atoms with Gasteiger partial charge in [-0.1, -0.05) is 18.2 Å². The molecule has 0 aliphatic heterocycles. The maximum Gasteiger partial charge on any atom is 0.128 e. The van der Waals surface area contributed by atoms with Gasteiger partial charge < -0.3 is 0 Å². The second-order valence-electron chi connectivity index (χ2n) is 5.72. The zero-order chi connectivity index (χ0) is 14.8. The zero-order valence-electron chi connectivity index (χ0n) is 12.1. The Hall–Kier alpha value is -1.78. The number of hydrogen-bond donors (Lipinski definition) is 2. The van der Waals surface area contributed by atoms with Gasteiger partial charge in [-0.25, -0.2) is 4.39 Å². The largest absolute Gasteiger partial charge is 0.271 e. The van der Waals surface area contributed by atoms with E-state index < -0.39 is 0 Å². The standard InChI is InChI=1S/C17H20FN3/c1-11-7-8-13(15(18)10-11)17(21-19)14-6-2-4-12-5-3-9-20-16(12)14/h3,5,7-10,14,17,21H,2,4,6,19H2,1H3. The molecule has 2 aromatic rings. The molecule has 0 saturated carbocycles. The van der Waals surface area contributed by atoms with E-state index in [4.69, 9.17) is 5.84 Å². The SMILES string of the molecule is Cc1ccc(C(NN)C2CCCc3cccnc32)c(F)c1. The van der Waals surface area contributed by atoms with Crippen LogP contribution in [0.1, 0.15) is 47.2 Å². The average molecular weight is 285 g/mol. The molecule has 2 unspecified atom stereocenters. The van der Waals surface area contributed by atoms with E-state index in [2.05, 4.69) is 16.5 Å². The first-order valence-corrected chi connectivity index (χ1v) is 7.36. The van der Waals surface area contributed by atoms with E-state index >= 15 is 0 Å². The molecular formula is C17H20FN3. The first-order chi connectivity index (χ1) is 10.2. The number of fused-ring (bicyclic) bond motifs is 1. The number of hydrogen-bond acceptors (Lipinski definition) is 3. The van der Waals surface area contributed by atoms with E-state index in [1.54, 1.807) is 12.3 Å². The summed E-state index contributed by atoms with van der Waals surface area (Å²) >= 11 is 0. The van der Waals surface area contributed by atoms with Crippen molar-refractivity contribution in [2.45, 2.75) is 38.1 Å². The van der Waals surface area contributed by atoms with Crippen molar-refractivity contribution in [1.82, 2.24) is 10.4 Å². The summed E-state index contributed by atoms with van der Waals surface area (Å²) in [6, 6.07) is 9.12. The third-order valence-electron chi connectivity index (χ3n) is 4.31. The van der Waals surface area contributed by atoms with Crippen LogP contribution in [0, 0.1) is 12.7 Å². The number of hydrazine groups is 1. The van der Waals surface area contributed by atoms with Gasteiger partial charge >= 0.3 is 0 Å². The van der Waals surface area contributed by atoms with E-state index in [1.807, 2.05) is 25.1 Å². The van der Waals surface area contributed by atoms with Crippen LogP contribution in [0.4, 0.5) is 4.39 Å². The van der Waals surface area contributed by atoms with Gasteiger partial charge in [0.05, 0.1) is 6.04 Å². The maximum absolute atomic E-state index is 14.3. The second-order valence-corrected chi connectivity index (χ2v) is 5.72. The van der Waals surface area contributed by atoms with Crippen LogP contribution in [0.15, 0.2) is 36.5 Å². The van der Waals surface area contributed by atoms with E-state index in [-0.39, 0.29) is 17.8 Å². The molecule has 0 radical (unpaired) electrons. The number of benzene rings is 1. The maximum atomic E-state index is 14.3. The molecule has 2 atom stereocenters. The minimum atomic E-state index is -0.250. The summed E-state index contributed by atoms with van der Waals surface area (Å²) in [5.41, 5.74) is 6.64. The number of rotatable bonds is 3. The first kappa shape index (κ1) is 14.2. The fraction of sp³-hybridized carbons (Fsp3) is 0.353. The Morgan fingerprint density at radius 2 is 2.24 bits per heavy atom. The number of aryl methyl sites for hydroxylation is 2. The Bertz CT molecular complexity index is 642. The van der Waals surface area contributed by atoms with E-state index in [1.165, 1.54) is 5.56 Å². The van der Waals surface area contributed by atoms with Crippen LogP contribution in [-0.4, -0.2) is 4.98 Å². The summed E-state index contributed by atoms with van der Waals surface area (Å²) in [6.07, 6.45) is 4.88. The minimum Gasteiger partial charge on any atom is -0.271 e. The number of nitrogens with two attached hydrogens (primary N) is 1. The predicted molar refractivity (Wildman–Crippen MR) is 81.1 cm³/mol. The van der Waals surface area contributed by atoms with Crippen molar-refractivity contribution in [2.24, 2.45) is 5.84 Å². The van der Waals surface area contributed by atoms with Gasteiger partial charge in [0.15, 0.2) is 0 Å². The van der Waals surface area contributed by atoms with Crippen LogP contribution < -0.4 is 11.3 Å². The first-order valence-electron chi connectivity index (χ1n) is 7.36. The Kier molecular flexibility index (Phi) is 3.99. The van der Waals surface area contributed by atoms with Gasteiger partial charge in [-0.05, 0) is 49.4 Å². The highest BCUT2D eigenvalue weighted by molar-refractivity contribution is 5.33. The van der Waals surface area contributed by atoms with E-state index in [0.717, 1.165) is 30.5 Å². The van der Waals surface area contributed by atoms with Crippen molar-refractivity contribution < 1.29 is 4.39 Å². The quantitative estimate of drug-likeness (QED) is 0.673. The Balaban J connectivity index is 2.01. The lowest BCUT2D eigenvalue weighted by molar-refractivity contribution is 0.388. The number of nitrogens with one attached hydrogen (secondary N) is 1. The van der Waals surface area contributed by atoms with Gasteiger partial charge in [0.25, 0.3) is 0 Å². The zero-order valence-corrected chi connectivity index (χ0v) is 12.1. The molecule has 0 amide bonds. The monoisotopic (exact) mass is 285 g/mol. The van der Waals surface area contributed by atoms with Crippen LogP contribution in [-0.2, 0) is 6.42 Å². The van der Waals surface area contributed by atoms with Crippen molar-refractivity contribution in [3.05, 3.63) is 64.7 Å².